The van der Waals surface area contributed by atoms with E-state index < -0.39 is 0 Å². The van der Waals surface area contributed by atoms with Gasteiger partial charge in [-0.15, -0.1) is 0 Å². The first-order valence-electron chi connectivity index (χ1n) is 8.83. The van der Waals surface area contributed by atoms with Crippen molar-refractivity contribution < 1.29 is 4.74 Å². The van der Waals surface area contributed by atoms with E-state index in [-0.39, 0.29) is 0 Å². The van der Waals surface area contributed by atoms with Crippen molar-refractivity contribution >= 4 is 11.0 Å². The van der Waals surface area contributed by atoms with E-state index in [1.165, 1.54) is 19.4 Å². The lowest BCUT2D eigenvalue weighted by Crippen LogP contribution is -2.48. The van der Waals surface area contributed by atoms with Gasteiger partial charge in [0, 0.05) is 39.3 Å². The van der Waals surface area contributed by atoms with E-state index in [1.807, 2.05) is 6.07 Å². The normalized spacial score (nSPS) is 24.3. The Morgan fingerprint density at radius 1 is 1.13 bits per heavy atom. The van der Waals surface area contributed by atoms with E-state index in [0.717, 1.165) is 68.7 Å². The van der Waals surface area contributed by atoms with Crippen molar-refractivity contribution in [2.45, 2.75) is 19.4 Å². The molecule has 5 heteroatoms. The Labute approximate surface area is 137 Å². The van der Waals surface area contributed by atoms with Gasteiger partial charge >= 0.3 is 0 Å². The van der Waals surface area contributed by atoms with Crippen molar-refractivity contribution in [3.63, 3.8) is 0 Å². The molecule has 23 heavy (non-hydrogen) atoms. The van der Waals surface area contributed by atoms with E-state index in [9.17, 15) is 0 Å². The fraction of sp³-hybridized carbons (Fsp3) is 0.611. The highest BCUT2D eigenvalue weighted by atomic mass is 16.5. The second-order valence-electron chi connectivity index (χ2n) is 6.86. The molecule has 1 atom stereocenters. The van der Waals surface area contributed by atoms with Crippen LogP contribution >= 0.6 is 0 Å². The molecule has 5 nitrogen and oxygen atoms in total. The molecule has 2 fully saturated rings. The van der Waals surface area contributed by atoms with Crippen LogP contribution < -0.4 is 0 Å². The molecule has 2 saturated heterocycles. The Bertz CT molecular complexity index is 594. The molecule has 1 N–H and O–H groups in total. The van der Waals surface area contributed by atoms with Gasteiger partial charge in [0.15, 0.2) is 0 Å². The Kier molecular flexibility index (Phi) is 4.60. The molecule has 0 amide bonds. The Balaban J connectivity index is 1.27. The maximum atomic E-state index is 5.60. The molecule has 1 aromatic heterocycles. The standard InChI is InChI=1S/C18H26N4O/c1-2-6-17-16(5-1)19-18(20-17)13-22-9-7-21(8-10-22)12-15-4-3-11-23-14-15/h1-2,5-6,15H,3-4,7-14H2,(H,19,20)/t15-/m0/s1. The molecule has 0 aliphatic carbocycles. The summed E-state index contributed by atoms with van der Waals surface area (Å²) in [6.07, 6.45) is 2.57. The van der Waals surface area contributed by atoms with Gasteiger partial charge in [-0.2, -0.15) is 0 Å². The number of hydrogen-bond acceptors (Lipinski definition) is 4. The summed E-state index contributed by atoms with van der Waals surface area (Å²) in [5.74, 6) is 1.83. The number of piperazine rings is 1. The van der Waals surface area contributed by atoms with Crippen LogP contribution in [0, 0.1) is 5.92 Å². The number of nitrogens with zero attached hydrogens (tertiary/aromatic N) is 3. The number of aromatic amines is 1. The number of H-pyrrole nitrogens is 1. The summed E-state index contributed by atoms with van der Waals surface area (Å²) < 4.78 is 5.60. The van der Waals surface area contributed by atoms with Crippen LogP contribution in [0.5, 0.6) is 0 Å². The summed E-state index contributed by atoms with van der Waals surface area (Å²) in [6, 6.07) is 8.26. The van der Waals surface area contributed by atoms with Crippen LogP contribution in [0.1, 0.15) is 18.7 Å². The minimum Gasteiger partial charge on any atom is -0.381 e. The van der Waals surface area contributed by atoms with E-state index in [0.29, 0.717) is 0 Å². The van der Waals surface area contributed by atoms with Crippen molar-refractivity contribution in [3.05, 3.63) is 30.1 Å². The average Bonchev–Trinajstić information content (AvgIpc) is 3.00. The van der Waals surface area contributed by atoms with Gasteiger partial charge in [-0.05, 0) is 30.9 Å². The number of fused-ring (bicyclic) bond motifs is 1. The van der Waals surface area contributed by atoms with Gasteiger partial charge in [0.25, 0.3) is 0 Å². The molecule has 2 aliphatic rings. The van der Waals surface area contributed by atoms with E-state index in [4.69, 9.17) is 9.72 Å². The molecule has 0 saturated carbocycles. The van der Waals surface area contributed by atoms with Gasteiger partial charge in [0.1, 0.15) is 5.82 Å². The molecule has 3 heterocycles. The molecule has 0 spiro atoms. The predicted octanol–water partition coefficient (Wildman–Crippen LogP) is 2.11. The molecule has 2 aliphatic heterocycles. The third kappa shape index (κ3) is 3.74. The lowest BCUT2D eigenvalue weighted by molar-refractivity contribution is 0.0277. The number of aromatic nitrogens is 2. The summed E-state index contributed by atoms with van der Waals surface area (Å²) in [5, 5.41) is 0. The van der Waals surface area contributed by atoms with Crippen LogP contribution in [-0.2, 0) is 11.3 Å². The molecule has 0 radical (unpaired) electrons. The number of benzene rings is 1. The minimum absolute atomic E-state index is 0.741. The van der Waals surface area contributed by atoms with Crippen molar-refractivity contribution in [3.8, 4) is 0 Å². The Morgan fingerprint density at radius 3 is 2.74 bits per heavy atom. The lowest BCUT2D eigenvalue weighted by Gasteiger charge is -2.36. The highest BCUT2D eigenvalue weighted by molar-refractivity contribution is 5.74. The summed E-state index contributed by atoms with van der Waals surface area (Å²) in [4.78, 5) is 13.2. The van der Waals surface area contributed by atoms with Gasteiger partial charge in [0.05, 0.1) is 24.2 Å². The number of nitrogens with one attached hydrogen (secondary N) is 1. The molecular formula is C18H26N4O. The highest BCUT2D eigenvalue weighted by Crippen LogP contribution is 2.17. The second-order valence-corrected chi connectivity index (χ2v) is 6.86. The van der Waals surface area contributed by atoms with Crippen LogP contribution in [0.3, 0.4) is 0 Å². The second kappa shape index (κ2) is 6.99. The van der Waals surface area contributed by atoms with Crippen LogP contribution in [0.2, 0.25) is 0 Å². The van der Waals surface area contributed by atoms with Gasteiger partial charge in [-0.3, -0.25) is 4.90 Å². The molecule has 0 unspecified atom stereocenters. The number of para-hydroxylation sites is 2. The monoisotopic (exact) mass is 314 g/mol. The summed E-state index contributed by atoms with van der Waals surface area (Å²) in [7, 11) is 0. The van der Waals surface area contributed by atoms with Crippen LogP contribution in [0.15, 0.2) is 24.3 Å². The van der Waals surface area contributed by atoms with Crippen molar-refractivity contribution in [2.75, 3.05) is 45.9 Å². The number of hydrogen-bond donors (Lipinski definition) is 1. The molecular weight excluding hydrogens is 288 g/mol. The quantitative estimate of drug-likeness (QED) is 0.939. The molecule has 1 aromatic carbocycles. The summed E-state index contributed by atoms with van der Waals surface area (Å²) in [5.41, 5.74) is 2.21. The van der Waals surface area contributed by atoms with E-state index in [1.54, 1.807) is 0 Å². The van der Waals surface area contributed by atoms with Crippen LogP contribution in [-0.4, -0.2) is 65.7 Å². The van der Waals surface area contributed by atoms with Gasteiger partial charge in [-0.25, -0.2) is 4.98 Å². The lowest BCUT2D eigenvalue weighted by atomic mass is 10.0. The zero-order valence-corrected chi connectivity index (χ0v) is 13.7. The number of ether oxygens (including phenoxy) is 1. The highest BCUT2D eigenvalue weighted by Gasteiger charge is 2.22. The maximum Gasteiger partial charge on any atom is 0.121 e. The van der Waals surface area contributed by atoms with E-state index >= 15 is 0 Å². The molecule has 2 aromatic rings. The Morgan fingerprint density at radius 2 is 1.96 bits per heavy atom. The fourth-order valence-electron chi connectivity index (χ4n) is 3.74. The van der Waals surface area contributed by atoms with Gasteiger partial charge < -0.3 is 14.6 Å². The minimum atomic E-state index is 0.741. The third-order valence-corrected chi connectivity index (χ3v) is 5.05. The van der Waals surface area contributed by atoms with Crippen LogP contribution in [0.25, 0.3) is 11.0 Å². The first kappa shape index (κ1) is 15.1. The molecule has 124 valence electrons. The first-order chi connectivity index (χ1) is 11.4. The van der Waals surface area contributed by atoms with E-state index in [2.05, 4.69) is 33.0 Å². The van der Waals surface area contributed by atoms with Gasteiger partial charge in [0.2, 0.25) is 0 Å². The predicted molar refractivity (Wildman–Crippen MR) is 91.4 cm³/mol. The first-order valence-corrected chi connectivity index (χ1v) is 8.83. The summed E-state index contributed by atoms with van der Waals surface area (Å²) >= 11 is 0. The largest absolute Gasteiger partial charge is 0.381 e. The fourth-order valence-corrected chi connectivity index (χ4v) is 3.74. The molecule has 4 rings (SSSR count). The maximum absolute atomic E-state index is 5.60. The van der Waals surface area contributed by atoms with Crippen molar-refractivity contribution in [1.82, 2.24) is 19.8 Å². The third-order valence-electron chi connectivity index (χ3n) is 5.05. The zero-order valence-electron chi connectivity index (χ0n) is 13.7. The zero-order chi connectivity index (χ0) is 15.5. The van der Waals surface area contributed by atoms with Crippen molar-refractivity contribution in [2.24, 2.45) is 5.92 Å². The Hall–Kier alpha value is -1.43. The number of imidazole rings is 1. The van der Waals surface area contributed by atoms with Crippen molar-refractivity contribution in [1.29, 1.82) is 0 Å². The topological polar surface area (TPSA) is 44.4 Å². The SMILES string of the molecule is c1ccc2[nH]c(CN3CCN(C[C@@H]4CCCOC4)CC3)nc2c1. The average molecular weight is 314 g/mol. The van der Waals surface area contributed by atoms with Gasteiger partial charge in [-0.1, -0.05) is 12.1 Å². The van der Waals surface area contributed by atoms with Crippen LogP contribution in [0.4, 0.5) is 0 Å². The number of rotatable bonds is 4. The molecule has 0 bridgehead atoms. The smallest absolute Gasteiger partial charge is 0.121 e. The summed E-state index contributed by atoms with van der Waals surface area (Å²) in [6.45, 7) is 8.64.